The number of likely N-dealkylation sites (tertiary alicyclic amines) is 1. The maximum atomic E-state index is 14.6. The predicted octanol–water partition coefficient (Wildman–Crippen LogP) is 4.97. The van der Waals surface area contributed by atoms with Crippen LogP contribution in [0.3, 0.4) is 0 Å². The van der Waals surface area contributed by atoms with Crippen molar-refractivity contribution in [2.24, 2.45) is 13.0 Å². The molecule has 3 aromatic rings. The van der Waals surface area contributed by atoms with Crippen molar-refractivity contribution in [3.63, 3.8) is 0 Å². The van der Waals surface area contributed by atoms with Crippen molar-refractivity contribution in [3.05, 3.63) is 82.7 Å². The summed E-state index contributed by atoms with van der Waals surface area (Å²) in [6, 6.07) is 12.4. The van der Waals surface area contributed by atoms with Crippen molar-refractivity contribution < 1.29 is 13.5 Å². The lowest BCUT2D eigenvalue weighted by molar-refractivity contribution is 0.0943. The predicted molar refractivity (Wildman–Crippen MR) is 134 cm³/mol. The van der Waals surface area contributed by atoms with Crippen LogP contribution in [0, 0.1) is 24.5 Å². The highest BCUT2D eigenvalue weighted by molar-refractivity contribution is 5.29. The number of ether oxygens (including phenoxy) is 1. The normalized spacial score (nSPS) is 16.1. The second kappa shape index (κ2) is 11.3. The van der Waals surface area contributed by atoms with Gasteiger partial charge in [0.15, 0.2) is 0 Å². The highest BCUT2D eigenvalue weighted by atomic mass is 19.1. The van der Waals surface area contributed by atoms with Crippen LogP contribution in [-0.4, -0.2) is 52.9 Å². The molecule has 0 saturated carbocycles. The lowest BCUT2D eigenvalue weighted by atomic mass is 9.84. The van der Waals surface area contributed by atoms with Gasteiger partial charge >= 0.3 is 0 Å². The number of hydrogen-bond acceptors (Lipinski definition) is 4. The second-order valence-electron chi connectivity index (χ2n) is 9.76. The number of aromatic nitrogens is 2. The fourth-order valence-electron chi connectivity index (χ4n) is 5.28. The molecule has 4 rings (SSSR count). The molecule has 1 fully saturated rings. The van der Waals surface area contributed by atoms with Gasteiger partial charge in [0.2, 0.25) is 0 Å². The van der Waals surface area contributed by atoms with Crippen LogP contribution in [0.1, 0.15) is 35.2 Å². The maximum Gasteiger partial charge on any atom is 0.131 e. The molecule has 2 heterocycles. The molecular weight excluding hydrogens is 446 g/mol. The Bertz CT molecular complexity index is 1120. The van der Waals surface area contributed by atoms with E-state index in [9.17, 15) is 8.78 Å². The van der Waals surface area contributed by atoms with Crippen molar-refractivity contribution in [1.82, 2.24) is 19.6 Å². The zero-order chi connectivity index (χ0) is 24.9. The lowest BCUT2D eigenvalue weighted by Gasteiger charge is -2.40. The standard InChI is InChI=1S/C28H36F2N4O/c1-20-24(18-33(3)31-20)17-32(2)28(15-22-7-5-6-8-26(22)29)21-11-13-34(14-12-21)19-23-9-10-25(35-4)16-27(23)30/h5-10,16,18,21,28H,11-15,17,19H2,1-4H3/t28-/m0/s1. The first-order chi connectivity index (χ1) is 16.8. The summed E-state index contributed by atoms with van der Waals surface area (Å²) in [5.74, 6) is 0.590. The minimum atomic E-state index is -0.226. The van der Waals surface area contributed by atoms with E-state index >= 15 is 0 Å². The van der Waals surface area contributed by atoms with Crippen molar-refractivity contribution in [2.45, 2.75) is 45.3 Å². The largest absolute Gasteiger partial charge is 0.497 e. The van der Waals surface area contributed by atoms with Gasteiger partial charge in [-0.05, 0) is 69.9 Å². The van der Waals surface area contributed by atoms with Crippen LogP contribution in [0.2, 0.25) is 0 Å². The molecule has 1 aliphatic rings. The van der Waals surface area contributed by atoms with Crippen LogP contribution in [0.15, 0.2) is 48.7 Å². The Morgan fingerprint density at radius 3 is 2.43 bits per heavy atom. The van der Waals surface area contributed by atoms with Gasteiger partial charge < -0.3 is 4.74 Å². The molecule has 0 radical (unpaired) electrons. The van der Waals surface area contributed by atoms with E-state index in [-0.39, 0.29) is 17.7 Å². The molecule has 1 aliphatic heterocycles. The molecule has 0 aliphatic carbocycles. The Morgan fingerprint density at radius 2 is 1.80 bits per heavy atom. The summed E-state index contributed by atoms with van der Waals surface area (Å²) >= 11 is 0. The minimum absolute atomic E-state index is 0.143. The van der Waals surface area contributed by atoms with Crippen LogP contribution >= 0.6 is 0 Å². The lowest BCUT2D eigenvalue weighted by Crippen LogP contribution is -2.45. The summed E-state index contributed by atoms with van der Waals surface area (Å²) < 4.78 is 36.0. The number of hydrogen-bond donors (Lipinski definition) is 0. The third-order valence-corrected chi connectivity index (χ3v) is 7.32. The van der Waals surface area contributed by atoms with E-state index in [2.05, 4.69) is 28.1 Å². The highest BCUT2D eigenvalue weighted by Gasteiger charge is 2.30. The van der Waals surface area contributed by atoms with Gasteiger partial charge in [0.25, 0.3) is 0 Å². The number of halogens is 2. The Balaban J connectivity index is 1.45. The molecule has 1 atom stereocenters. The first-order valence-corrected chi connectivity index (χ1v) is 12.3. The minimum Gasteiger partial charge on any atom is -0.497 e. The summed E-state index contributed by atoms with van der Waals surface area (Å²) in [7, 11) is 5.62. The molecule has 1 aromatic heterocycles. The maximum absolute atomic E-state index is 14.6. The van der Waals surface area contributed by atoms with Crippen molar-refractivity contribution in [2.75, 3.05) is 27.2 Å². The van der Waals surface area contributed by atoms with E-state index < -0.39 is 0 Å². The van der Waals surface area contributed by atoms with Crippen LogP contribution in [0.25, 0.3) is 0 Å². The number of piperidine rings is 1. The molecule has 0 bridgehead atoms. The third-order valence-electron chi connectivity index (χ3n) is 7.32. The van der Waals surface area contributed by atoms with Crippen LogP contribution in [0.5, 0.6) is 5.75 Å². The monoisotopic (exact) mass is 482 g/mol. The number of aryl methyl sites for hydroxylation is 2. The summed E-state index contributed by atoms with van der Waals surface area (Å²) in [6.45, 7) is 5.18. The molecule has 1 saturated heterocycles. The van der Waals surface area contributed by atoms with E-state index in [0.29, 0.717) is 30.2 Å². The average Bonchev–Trinajstić information content (AvgIpc) is 3.16. The molecule has 0 spiro atoms. The Morgan fingerprint density at radius 1 is 1.06 bits per heavy atom. The SMILES string of the molecule is COc1ccc(CN2CCC([C@H](Cc3ccccc3F)N(C)Cc3cn(C)nc3C)CC2)c(F)c1. The summed E-state index contributed by atoms with van der Waals surface area (Å²) in [6.07, 6.45) is 4.72. The summed E-state index contributed by atoms with van der Waals surface area (Å²) in [5, 5.41) is 4.49. The zero-order valence-corrected chi connectivity index (χ0v) is 21.2. The molecule has 7 heteroatoms. The van der Waals surface area contributed by atoms with Gasteiger partial charge in [0, 0.05) is 49.6 Å². The van der Waals surface area contributed by atoms with Crippen LogP contribution in [0.4, 0.5) is 8.78 Å². The number of rotatable bonds is 9. The molecule has 0 unspecified atom stereocenters. The Labute approximate surface area is 207 Å². The van der Waals surface area contributed by atoms with Gasteiger partial charge in [0.1, 0.15) is 17.4 Å². The fraction of sp³-hybridized carbons (Fsp3) is 0.464. The molecule has 188 valence electrons. The molecule has 2 aromatic carbocycles. The quantitative estimate of drug-likeness (QED) is 0.431. The van der Waals surface area contributed by atoms with Crippen molar-refractivity contribution in [3.8, 4) is 5.75 Å². The van der Waals surface area contributed by atoms with Gasteiger partial charge in [0.05, 0.1) is 12.8 Å². The fourth-order valence-corrected chi connectivity index (χ4v) is 5.28. The first kappa shape index (κ1) is 25.3. The molecule has 0 amide bonds. The van der Waals surface area contributed by atoms with Gasteiger partial charge in [-0.3, -0.25) is 14.5 Å². The molecule has 35 heavy (non-hydrogen) atoms. The summed E-state index contributed by atoms with van der Waals surface area (Å²) in [4.78, 5) is 4.67. The Hall–Kier alpha value is -2.77. The summed E-state index contributed by atoms with van der Waals surface area (Å²) in [5.41, 5.74) is 3.67. The smallest absolute Gasteiger partial charge is 0.131 e. The number of nitrogens with zero attached hydrogens (tertiary/aromatic N) is 4. The van der Waals surface area contributed by atoms with E-state index in [0.717, 1.165) is 43.7 Å². The molecule has 0 N–H and O–H groups in total. The van der Waals surface area contributed by atoms with Crippen LogP contribution in [-0.2, 0) is 26.6 Å². The van der Waals surface area contributed by atoms with Crippen molar-refractivity contribution in [1.29, 1.82) is 0 Å². The van der Waals surface area contributed by atoms with E-state index in [1.54, 1.807) is 19.2 Å². The van der Waals surface area contributed by atoms with E-state index in [1.807, 2.05) is 42.9 Å². The van der Waals surface area contributed by atoms with Gasteiger partial charge in [-0.1, -0.05) is 24.3 Å². The molecular formula is C28H36F2N4O. The number of likely N-dealkylation sites (N-methyl/N-ethyl adjacent to an activating group) is 1. The van der Waals surface area contributed by atoms with Gasteiger partial charge in [-0.15, -0.1) is 0 Å². The van der Waals surface area contributed by atoms with E-state index in [4.69, 9.17) is 4.74 Å². The molecule has 5 nitrogen and oxygen atoms in total. The number of benzene rings is 2. The van der Waals surface area contributed by atoms with Gasteiger partial charge in [-0.2, -0.15) is 5.10 Å². The number of methoxy groups -OCH3 is 1. The Kier molecular flexibility index (Phi) is 8.19. The zero-order valence-electron chi connectivity index (χ0n) is 21.2. The van der Waals surface area contributed by atoms with Crippen molar-refractivity contribution >= 4 is 0 Å². The highest BCUT2D eigenvalue weighted by Crippen LogP contribution is 2.29. The van der Waals surface area contributed by atoms with E-state index in [1.165, 1.54) is 11.6 Å². The second-order valence-corrected chi connectivity index (χ2v) is 9.76. The van der Waals surface area contributed by atoms with Crippen LogP contribution < -0.4 is 4.74 Å². The third kappa shape index (κ3) is 6.27. The topological polar surface area (TPSA) is 33.5 Å². The van der Waals surface area contributed by atoms with Gasteiger partial charge in [-0.25, -0.2) is 8.78 Å². The average molecular weight is 483 g/mol. The first-order valence-electron chi connectivity index (χ1n) is 12.3.